The maximum Gasteiger partial charge on any atom is 0.336 e. The van der Waals surface area contributed by atoms with Crippen molar-refractivity contribution in [3.8, 4) is 11.1 Å². The summed E-state index contributed by atoms with van der Waals surface area (Å²) in [6, 6.07) is 12.2. The van der Waals surface area contributed by atoms with Crippen molar-refractivity contribution >= 4 is 11.9 Å². The first-order valence-corrected chi connectivity index (χ1v) is 5.68. The number of benzene rings is 2. The SMILES string of the molecule is Cc1c(-c2ccccc2)ccc(C(=O)O)c1C(=O)O. The Morgan fingerprint density at radius 2 is 1.53 bits per heavy atom. The minimum Gasteiger partial charge on any atom is -0.478 e. The van der Waals surface area contributed by atoms with E-state index < -0.39 is 11.9 Å². The minimum absolute atomic E-state index is 0.158. The number of hydrogen-bond donors (Lipinski definition) is 2. The summed E-state index contributed by atoms with van der Waals surface area (Å²) in [5.74, 6) is -2.47. The van der Waals surface area contributed by atoms with E-state index in [1.54, 1.807) is 13.0 Å². The van der Waals surface area contributed by atoms with Gasteiger partial charge in [-0.3, -0.25) is 0 Å². The predicted molar refractivity (Wildman–Crippen MR) is 70.5 cm³/mol. The summed E-state index contributed by atoms with van der Waals surface area (Å²) in [5, 5.41) is 18.2. The van der Waals surface area contributed by atoms with E-state index >= 15 is 0 Å². The van der Waals surface area contributed by atoms with Crippen LogP contribution in [0, 0.1) is 6.92 Å². The van der Waals surface area contributed by atoms with Gasteiger partial charge in [0, 0.05) is 0 Å². The molecular weight excluding hydrogens is 244 g/mol. The first-order chi connectivity index (χ1) is 9.02. The zero-order chi connectivity index (χ0) is 14.0. The van der Waals surface area contributed by atoms with Gasteiger partial charge in [0.05, 0.1) is 11.1 Å². The summed E-state index contributed by atoms with van der Waals surface area (Å²) in [5.41, 5.74) is 1.69. The first kappa shape index (κ1) is 12.8. The fourth-order valence-electron chi connectivity index (χ4n) is 2.10. The minimum atomic E-state index is -1.24. The average Bonchev–Trinajstić information content (AvgIpc) is 2.38. The lowest BCUT2D eigenvalue weighted by molar-refractivity contribution is 0.0651. The molecule has 96 valence electrons. The number of aromatic carboxylic acids is 2. The van der Waals surface area contributed by atoms with Gasteiger partial charge < -0.3 is 10.2 Å². The van der Waals surface area contributed by atoms with Gasteiger partial charge in [0.25, 0.3) is 0 Å². The van der Waals surface area contributed by atoms with Gasteiger partial charge in [-0.15, -0.1) is 0 Å². The Labute approximate surface area is 109 Å². The lowest BCUT2D eigenvalue weighted by Crippen LogP contribution is -2.10. The zero-order valence-corrected chi connectivity index (χ0v) is 10.3. The van der Waals surface area contributed by atoms with Crippen LogP contribution in [0.25, 0.3) is 11.1 Å². The molecule has 4 nitrogen and oxygen atoms in total. The van der Waals surface area contributed by atoms with Crippen LogP contribution >= 0.6 is 0 Å². The van der Waals surface area contributed by atoms with Crippen LogP contribution in [0.4, 0.5) is 0 Å². The summed E-state index contributed by atoms with van der Waals surface area (Å²) in [6.07, 6.45) is 0. The van der Waals surface area contributed by atoms with E-state index in [1.807, 2.05) is 30.3 Å². The smallest absolute Gasteiger partial charge is 0.336 e. The number of rotatable bonds is 3. The van der Waals surface area contributed by atoms with Crippen LogP contribution in [0.5, 0.6) is 0 Å². The summed E-state index contributed by atoms with van der Waals surface area (Å²) < 4.78 is 0. The molecule has 0 aliphatic heterocycles. The zero-order valence-electron chi connectivity index (χ0n) is 10.3. The Bertz CT molecular complexity index is 645. The second kappa shape index (κ2) is 4.94. The van der Waals surface area contributed by atoms with Gasteiger partial charge in [0.2, 0.25) is 0 Å². The van der Waals surface area contributed by atoms with E-state index in [2.05, 4.69) is 0 Å². The van der Waals surface area contributed by atoms with Gasteiger partial charge in [-0.25, -0.2) is 9.59 Å². The molecule has 2 aromatic carbocycles. The van der Waals surface area contributed by atoms with Gasteiger partial charge in [0.15, 0.2) is 0 Å². The highest BCUT2D eigenvalue weighted by Crippen LogP contribution is 2.28. The number of carboxylic acids is 2. The molecule has 0 radical (unpaired) electrons. The summed E-state index contributed by atoms with van der Waals surface area (Å²) in [4.78, 5) is 22.3. The molecule has 2 rings (SSSR count). The van der Waals surface area contributed by atoms with Crippen LogP contribution in [0.1, 0.15) is 26.3 Å². The van der Waals surface area contributed by atoms with Gasteiger partial charge >= 0.3 is 11.9 Å². The second-order valence-corrected chi connectivity index (χ2v) is 4.14. The molecule has 0 bridgehead atoms. The molecule has 19 heavy (non-hydrogen) atoms. The fourth-order valence-corrected chi connectivity index (χ4v) is 2.10. The molecule has 0 heterocycles. The molecule has 0 aromatic heterocycles. The Kier molecular flexibility index (Phi) is 3.33. The van der Waals surface area contributed by atoms with E-state index in [9.17, 15) is 14.7 Å². The van der Waals surface area contributed by atoms with Crippen molar-refractivity contribution in [2.75, 3.05) is 0 Å². The number of hydrogen-bond acceptors (Lipinski definition) is 2. The molecule has 0 saturated carbocycles. The third-order valence-electron chi connectivity index (χ3n) is 2.99. The van der Waals surface area contributed by atoms with Crippen molar-refractivity contribution in [3.63, 3.8) is 0 Å². The van der Waals surface area contributed by atoms with Crippen molar-refractivity contribution in [1.29, 1.82) is 0 Å². The molecule has 0 atom stereocenters. The molecule has 0 fully saturated rings. The van der Waals surface area contributed by atoms with Crippen molar-refractivity contribution < 1.29 is 19.8 Å². The van der Waals surface area contributed by atoms with E-state index in [1.165, 1.54) is 6.07 Å². The van der Waals surface area contributed by atoms with Gasteiger partial charge in [-0.2, -0.15) is 0 Å². The van der Waals surface area contributed by atoms with Crippen LogP contribution in [-0.4, -0.2) is 22.2 Å². The molecule has 0 unspecified atom stereocenters. The lowest BCUT2D eigenvalue weighted by Gasteiger charge is -2.11. The fraction of sp³-hybridized carbons (Fsp3) is 0.0667. The highest BCUT2D eigenvalue weighted by atomic mass is 16.4. The maximum atomic E-state index is 11.3. The highest BCUT2D eigenvalue weighted by molar-refractivity contribution is 6.04. The molecule has 4 heteroatoms. The van der Waals surface area contributed by atoms with E-state index in [4.69, 9.17) is 5.11 Å². The van der Waals surface area contributed by atoms with Crippen LogP contribution < -0.4 is 0 Å². The van der Waals surface area contributed by atoms with Crippen LogP contribution in [0.2, 0.25) is 0 Å². The predicted octanol–water partition coefficient (Wildman–Crippen LogP) is 3.06. The van der Waals surface area contributed by atoms with Gasteiger partial charge in [-0.1, -0.05) is 36.4 Å². The highest BCUT2D eigenvalue weighted by Gasteiger charge is 2.20. The molecule has 2 aromatic rings. The summed E-state index contributed by atoms with van der Waals surface area (Å²) in [7, 11) is 0. The van der Waals surface area contributed by atoms with Crippen molar-refractivity contribution in [2.45, 2.75) is 6.92 Å². The summed E-state index contributed by atoms with van der Waals surface area (Å²) >= 11 is 0. The maximum absolute atomic E-state index is 11.3. The quantitative estimate of drug-likeness (QED) is 0.885. The van der Waals surface area contributed by atoms with Crippen molar-refractivity contribution in [2.24, 2.45) is 0 Å². The van der Waals surface area contributed by atoms with E-state index in [-0.39, 0.29) is 11.1 Å². The van der Waals surface area contributed by atoms with Crippen molar-refractivity contribution in [3.05, 3.63) is 59.2 Å². The average molecular weight is 256 g/mol. The lowest BCUT2D eigenvalue weighted by atomic mass is 9.93. The van der Waals surface area contributed by atoms with E-state index in [0.717, 1.165) is 11.1 Å². The van der Waals surface area contributed by atoms with Crippen LogP contribution in [0.3, 0.4) is 0 Å². The van der Waals surface area contributed by atoms with Crippen molar-refractivity contribution in [1.82, 2.24) is 0 Å². The Morgan fingerprint density at radius 3 is 2.05 bits per heavy atom. The number of carboxylic acid groups (broad SMARTS) is 2. The van der Waals surface area contributed by atoms with Gasteiger partial charge in [0.1, 0.15) is 0 Å². The molecule has 0 aliphatic carbocycles. The Hall–Kier alpha value is -2.62. The molecule has 0 spiro atoms. The largest absolute Gasteiger partial charge is 0.478 e. The molecule has 0 saturated heterocycles. The second-order valence-electron chi connectivity index (χ2n) is 4.14. The standard InChI is InChI=1S/C15H12O4/c1-9-11(10-5-3-2-4-6-10)7-8-12(14(16)17)13(9)15(18)19/h2-8H,1H3,(H,16,17)(H,18,19). The molecule has 0 amide bonds. The van der Waals surface area contributed by atoms with E-state index in [0.29, 0.717) is 5.56 Å². The first-order valence-electron chi connectivity index (χ1n) is 5.68. The number of carbonyl (C=O) groups is 2. The van der Waals surface area contributed by atoms with Crippen LogP contribution in [-0.2, 0) is 0 Å². The summed E-state index contributed by atoms with van der Waals surface area (Å²) in [6.45, 7) is 1.62. The molecular formula is C15H12O4. The monoisotopic (exact) mass is 256 g/mol. The normalized spacial score (nSPS) is 10.2. The topological polar surface area (TPSA) is 74.6 Å². The Morgan fingerprint density at radius 1 is 0.895 bits per heavy atom. The molecule has 2 N–H and O–H groups in total. The third kappa shape index (κ3) is 2.33. The Balaban J connectivity index is 2.71. The third-order valence-corrected chi connectivity index (χ3v) is 2.99. The van der Waals surface area contributed by atoms with Crippen LogP contribution in [0.15, 0.2) is 42.5 Å². The molecule has 0 aliphatic rings. The van der Waals surface area contributed by atoms with Gasteiger partial charge in [-0.05, 0) is 29.7 Å².